The molecule has 0 saturated carbocycles. The van der Waals surface area contributed by atoms with Gasteiger partial charge in [-0.05, 0) is 31.5 Å². The zero-order valence-electron chi connectivity index (χ0n) is 9.76. The van der Waals surface area contributed by atoms with E-state index in [9.17, 15) is 0 Å². The Hall–Kier alpha value is -0.380. The number of hydrogen-bond acceptors (Lipinski definition) is 3. The zero-order chi connectivity index (χ0) is 12.5. The molecule has 0 fully saturated rings. The van der Waals surface area contributed by atoms with Crippen molar-refractivity contribution in [1.29, 1.82) is 0 Å². The van der Waals surface area contributed by atoms with Crippen LogP contribution in [-0.4, -0.2) is 16.5 Å². The van der Waals surface area contributed by atoms with Crippen molar-refractivity contribution in [3.63, 3.8) is 0 Å². The Balaban J connectivity index is 2.12. The van der Waals surface area contributed by atoms with Crippen LogP contribution in [0.3, 0.4) is 0 Å². The van der Waals surface area contributed by atoms with E-state index in [2.05, 4.69) is 24.2 Å². The van der Waals surface area contributed by atoms with E-state index in [0.717, 1.165) is 23.0 Å². The first-order valence-corrected chi connectivity index (χ1v) is 7.21. The van der Waals surface area contributed by atoms with Crippen LogP contribution in [-0.2, 0) is 0 Å². The van der Waals surface area contributed by atoms with Crippen molar-refractivity contribution in [2.24, 2.45) is 4.99 Å². The Morgan fingerprint density at radius 1 is 1.41 bits per heavy atom. The summed E-state index contributed by atoms with van der Waals surface area (Å²) in [7, 11) is 0. The number of nitrogens with zero attached hydrogens (tertiary/aromatic N) is 1. The number of aliphatic imine (C=N–C) groups is 1. The van der Waals surface area contributed by atoms with Gasteiger partial charge in [0.25, 0.3) is 0 Å². The summed E-state index contributed by atoms with van der Waals surface area (Å²) < 4.78 is 0. The van der Waals surface area contributed by atoms with Crippen LogP contribution in [0.25, 0.3) is 0 Å². The minimum absolute atomic E-state index is 0.0588. The third-order valence-electron chi connectivity index (χ3n) is 2.82. The molecule has 1 unspecified atom stereocenters. The molecule has 1 aliphatic rings. The predicted molar refractivity (Wildman–Crippen MR) is 78.7 cm³/mol. The lowest BCUT2D eigenvalue weighted by molar-refractivity contribution is 0.523. The summed E-state index contributed by atoms with van der Waals surface area (Å²) in [6.07, 6.45) is 1.05. The normalized spacial score (nSPS) is 23.6. The monoisotopic (exact) mass is 288 g/mol. The predicted octanol–water partition coefficient (Wildman–Crippen LogP) is 4.68. The summed E-state index contributed by atoms with van der Waals surface area (Å²) in [5.41, 5.74) is 0.981. The highest BCUT2D eigenvalue weighted by Gasteiger charge is 2.28. The van der Waals surface area contributed by atoms with Crippen molar-refractivity contribution in [1.82, 2.24) is 0 Å². The third-order valence-corrected chi connectivity index (χ3v) is 4.80. The molecule has 92 valence electrons. The van der Waals surface area contributed by atoms with E-state index < -0.39 is 0 Å². The smallest absolute Gasteiger partial charge is 0.161 e. The zero-order valence-corrected chi connectivity index (χ0v) is 12.1. The van der Waals surface area contributed by atoms with Crippen molar-refractivity contribution in [3.05, 3.63) is 28.2 Å². The van der Waals surface area contributed by atoms with Crippen molar-refractivity contribution in [2.75, 3.05) is 11.1 Å². The van der Waals surface area contributed by atoms with Crippen LogP contribution >= 0.6 is 35.0 Å². The standard InChI is InChI=1S/C12H14Cl2N2S/c1-3-12(2)7-17-11(16-12)15-8-4-5-9(13)10(14)6-8/h4-6H,3,7H2,1-2H3,(H,15,16). The topological polar surface area (TPSA) is 24.4 Å². The van der Waals surface area contributed by atoms with Gasteiger partial charge < -0.3 is 5.32 Å². The van der Waals surface area contributed by atoms with Crippen LogP contribution in [0.4, 0.5) is 5.69 Å². The molecule has 1 aromatic carbocycles. The maximum atomic E-state index is 5.96. The van der Waals surface area contributed by atoms with E-state index >= 15 is 0 Å². The van der Waals surface area contributed by atoms with Crippen molar-refractivity contribution in [2.45, 2.75) is 25.8 Å². The summed E-state index contributed by atoms with van der Waals surface area (Å²) in [6.45, 7) is 4.33. The Kier molecular flexibility index (Phi) is 3.91. The molecule has 0 amide bonds. The fourth-order valence-electron chi connectivity index (χ4n) is 1.48. The Labute approximate surface area is 116 Å². The molecule has 5 heteroatoms. The molecule has 0 saturated heterocycles. The number of benzene rings is 1. The lowest BCUT2D eigenvalue weighted by Crippen LogP contribution is -2.20. The van der Waals surface area contributed by atoms with Crippen molar-refractivity contribution in [3.8, 4) is 0 Å². The first-order valence-electron chi connectivity index (χ1n) is 5.47. The molecule has 1 N–H and O–H groups in total. The Bertz CT molecular complexity index is 462. The average Bonchev–Trinajstić information content (AvgIpc) is 2.67. The molecular formula is C12H14Cl2N2S. The second kappa shape index (κ2) is 5.09. The maximum absolute atomic E-state index is 5.96. The van der Waals surface area contributed by atoms with Crippen LogP contribution in [0.5, 0.6) is 0 Å². The first kappa shape index (κ1) is 13.1. The molecule has 1 aliphatic heterocycles. The Morgan fingerprint density at radius 2 is 2.18 bits per heavy atom. The first-order chi connectivity index (χ1) is 8.02. The molecule has 1 heterocycles. The molecule has 2 nitrogen and oxygen atoms in total. The van der Waals surface area contributed by atoms with Crippen LogP contribution in [0.15, 0.2) is 23.2 Å². The van der Waals surface area contributed by atoms with Crippen LogP contribution in [0.1, 0.15) is 20.3 Å². The molecule has 1 atom stereocenters. The van der Waals surface area contributed by atoms with Gasteiger partial charge in [0.1, 0.15) is 0 Å². The molecule has 17 heavy (non-hydrogen) atoms. The number of rotatable bonds is 2. The number of anilines is 1. The van der Waals surface area contributed by atoms with Crippen LogP contribution < -0.4 is 5.32 Å². The van der Waals surface area contributed by atoms with Gasteiger partial charge in [-0.3, -0.25) is 4.99 Å². The highest BCUT2D eigenvalue weighted by molar-refractivity contribution is 8.14. The van der Waals surface area contributed by atoms with E-state index in [4.69, 9.17) is 23.2 Å². The summed E-state index contributed by atoms with van der Waals surface area (Å²) in [4.78, 5) is 4.68. The second-order valence-corrected chi connectivity index (χ2v) is 6.09. The summed E-state index contributed by atoms with van der Waals surface area (Å²) in [5.74, 6) is 1.02. The van der Waals surface area contributed by atoms with Gasteiger partial charge in [-0.15, -0.1) is 0 Å². The highest BCUT2D eigenvalue weighted by Crippen LogP contribution is 2.32. The SMILES string of the molecule is CCC1(C)CSC(Nc2ccc(Cl)c(Cl)c2)=N1. The van der Waals surface area contributed by atoms with Crippen LogP contribution in [0.2, 0.25) is 10.0 Å². The Morgan fingerprint density at radius 3 is 2.76 bits per heavy atom. The third kappa shape index (κ3) is 3.09. The van der Waals surface area contributed by atoms with Crippen molar-refractivity contribution >= 4 is 45.8 Å². The van der Waals surface area contributed by atoms with Gasteiger partial charge in [-0.2, -0.15) is 0 Å². The summed E-state index contributed by atoms with van der Waals surface area (Å²) >= 11 is 13.6. The van der Waals surface area contributed by atoms with Crippen LogP contribution in [0, 0.1) is 0 Å². The fourth-order valence-corrected chi connectivity index (χ4v) is 2.97. The molecule has 0 spiro atoms. The average molecular weight is 289 g/mol. The van der Waals surface area contributed by atoms with Gasteiger partial charge in [-0.1, -0.05) is 41.9 Å². The maximum Gasteiger partial charge on any atom is 0.161 e. The summed E-state index contributed by atoms with van der Waals surface area (Å²) in [6, 6.07) is 5.50. The lowest BCUT2D eigenvalue weighted by atomic mass is 10.0. The minimum Gasteiger partial charge on any atom is -0.335 e. The quantitative estimate of drug-likeness (QED) is 0.855. The van der Waals surface area contributed by atoms with E-state index in [1.54, 1.807) is 17.8 Å². The second-order valence-electron chi connectivity index (χ2n) is 4.31. The number of thioether (sulfide) groups is 1. The lowest BCUT2D eigenvalue weighted by Gasteiger charge is -2.15. The number of hydrogen-bond donors (Lipinski definition) is 1. The van der Waals surface area contributed by atoms with Gasteiger partial charge in [-0.25, -0.2) is 0 Å². The molecule has 1 aromatic rings. The van der Waals surface area contributed by atoms with Gasteiger partial charge in [0, 0.05) is 11.4 Å². The van der Waals surface area contributed by atoms with E-state index in [0.29, 0.717) is 10.0 Å². The number of amidine groups is 1. The molecule has 2 rings (SSSR count). The summed E-state index contributed by atoms with van der Waals surface area (Å²) in [5, 5.41) is 5.34. The largest absolute Gasteiger partial charge is 0.335 e. The van der Waals surface area contributed by atoms with E-state index in [1.165, 1.54) is 0 Å². The fraction of sp³-hybridized carbons (Fsp3) is 0.417. The van der Waals surface area contributed by atoms with Gasteiger partial charge >= 0.3 is 0 Å². The van der Waals surface area contributed by atoms with Crippen molar-refractivity contribution < 1.29 is 0 Å². The van der Waals surface area contributed by atoms with Gasteiger partial charge in [0.05, 0.1) is 15.6 Å². The molecule has 0 bridgehead atoms. The number of halogens is 2. The molecule has 0 radical (unpaired) electrons. The number of nitrogens with one attached hydrogen (secondary N) is 1. The highest BCUT2D eigenvalue weighted by atomic mass is 35.5. The van der Waals surface area contributed by atoms with Gasteiger partial charge in [0.15, 0.2) is 5.17 Å². The molecule has 0 aromatic heterocycles. The van der Waals surface area contributed by atoms with E-state index in [-0.39, 0.29) is 5.54 Å². The van der Waals surface area contributed by atoms with E-state index in [1.807, 2.05) is 12.1 Å². The molecule has 0 aliphatic carbocycles. The minimum atomic E-state index is 0.0588. The van der Waals surface area contributed by atoms with Gasteiger partial charge in [0.2, 0.25) is 0 Å². The molecular weight excluding hydrogens is 275 g/mol.